The van der Waals surface area contributed by atoms with Gasteiger partial charge in [0.05, 0.1) is 5.69 Å². The van der Waals surface area contributed by atoms with Gasteiger partial charge < -0.3 is 4.90 Å². The van der Waals surface area contributed by atoms with Gasteiger partial charge >= 0.3 is 0 Å². The summed E-state index contributed by atoms with van der Waals surface area (Å²) in [5.41, 5.74) is 1.85. The van der Waals surface area contributed by atoms with E-state index in [-0.39, 0.29) is 5.82 Å². The fraction of sp³-hybridized carbons (Fsp3) is 0.538. The fourth-order valence-electron chi connectivity index (χ4n) is 2.42. The lowest BCUT2D eigenvalue weighted by Gasteiger charge is -2.36. The number of nitrogens with zero attached hydrogens (tertiary/aromatic N) is 1. The quantitative estimate of drug-likeness (QED) is 0.740. The van der Waals surface area contributed by atoms with Crippen molar-refractivity contribution in [2.45, 2.75) is 37.6 Å². The van der Waals surface area contributed by atoms with E-state index in [1.54, 1.807) is 12.1 Å². The van der Waals surface area contributed by atoms with Crippen molar-refractivity contribution in [1.29, 1.82) is 0 Å². The predicted octanol–water partition coefficient (Wildman–Crippen LogP) is 4.10. The van der Waals surface area contributed by atoms with Gasteiger partial charge in [-0.3, -0.25) is 0 Å². The van der Waals surface area contributed by atoms with Crippen LogP contribution in [0.1, 0.15) is 31.7 Å². The molecule has 1 fully saturated rings. The lowest BCUT2D eigenvalue weighted by molar-refractivity contribution is 0.475. The van der Waals surface area contributed by atoms with E-state index in [1.807, 2.05) is 6.07 Å². The highest BCUT2D eigenvalue weighted by Crippen LogP contribution is 2.31. The van der Waals surface area contributed by atoms with Gasteiger partial charge in [0.25, 0.3) is 0 Å². The van der Waals surface area contributed by atoms with E-state index in [2.05, 4.69) is 27.8 Å². The number of piperidine rings is 1. The lowest BCUT2D eigenvalue weighted by atomic mass is 10.0. The summed E-state index contributed by atoms with van der Waals surface area (Å²) in [6.07, 6.45) is 3.59. The molecule has 0 saturated carbocycles. The lowest BCUT2D eigenvalue weighted by Crippen LogP contribution is -2.38. The number of benzene rings is 1. The Hall–Kier alpha value is -0.570. The van der Waals surface area contributed by atoms with Crippen molar-refractivity contribution < 1.29 is 4.39 Å². The molecule has 3 heteroatoms. The van der Waals surface area contributed by atoms with Crippen LogP contribution in [0, 0.1) is 5.82 Å². The van der Waals surface area contributed by atoms with Crippen LogP contribution in [0.5, 0.6) is 0 Å². The Morgan fingerprint density at radius 2 is 2.25 bits per heavy atom. The predicted molar refractivity (Wildman–Crippen MR) is 69.7 cm³/mol. The highest BCUT2D eigenvalue weighted by molar-refractivity contribution is 9.08. The molecule has 1 aromatic rings. The Morgan fingerprint density at radius 3 is 2.94 bits per heavy atom. The van der Waals surface area contributed by atoms with Crippen LogP contribution in [-0.4, -0.2) is 12.6 Å². The summed E-state index contributed by atoms with van der Waals surface area (Å²) in [5.74, 6) is -0.0919. The summed E-state index contributed by atoms with van der Waals surface area (Å²) < 4.78 is 13.9. The van der Waals surface area contributed by atoms with Crippen LogP contribution in [0.3, 0.4) is 0 Å². The van der Waals surface area contributed by atoms with E-state index in [1.165, 1.54) is 12.8 Å². The van der Waals surface area contributed by atoms with Crippen molar-refractivity contribution in [1.82, 2.24) is 0 Å². The van der Waals surface area contributed by atoms with Crippen LogP contribution in [0.2, 0.25) is 0 Å². The maximum Gasteiger partial charge on any atom is 0.146 e. The molecule has 0 amide bonds. The number of hydrogen-bond acceptors (Lipinski definition) is 1. The maximum absolute atomic E-state index is 13.9. The van der Waals surface area contributed by atoms with Crippen LogP contribution in [0.25, 0.3) is 0 Å². The molecule has 0 spiro atoms. The third kappa shape index (κ3) is 2.24. The highest BCUT2D eigenvalue weighted by atomic mass is 79.9. The SMILES string of the molecule is CC1CCCCN1c1c(F)cccc1CBr. The molecule has 0 aliphatic carbocycles. The summed E-state index contributed by atoms with van der Waals surface area (Å²) in [7, 11) is 0. The Morgan fingerprint density at radius 1 is 1.44 bits per heavy atom. The summed E-state index contributed by atoms with van der Waals surface area (Å²) in [6.45, 7) is 3.16. The van der Waals surface area contributed by atoms with Crippen molar-refractivity contribution in [2.75, 3.05) is 11.4 Å². The average Bonchev–Trinajstić information content (AvgIpc) is 2.30. The van der Waals surface area contributed by atoms with Crippen LogP contribution in [0.4, 0.5) is 10.1 Å². The highest BCUT2D eigenvalue weighted by Gasteiger charge is 2.23. The first-order chi connectivity index (χ1) is 7.74. The van der Waals surface area contributed by atoms with Gasteiger partial charge in [-0.2, -0.15) is 0 Å². The number of para-hydroxylation sites is 1. The second kappa shape index (κ2) is 5.17. The molecule has 1 aliphatic heterocycles. The van der Waals surface area contributed by atoms with Gasteiger partial charge in [0.2, 0.25) is 0 Å². The minimum Gasteiger partial charge on any atom is -0.366 e. The van der Waals surface area contributed by atoms with Crippen molar-refractivity contribution in [3.63, 3.8) is 0 Å². The minimum absolute atomic E-state index is 0.0919. The second-order valence-electron chi connectivity index (χ2n) is 4.42. The number of halogens is 2. The Kier molecular flexibility index (Phi) is 3.85. The molecule has 1 saturated heterocycles. The van der Waals surface area contributed by atoms with E-state index in [0.717, 1.165) is 24.2 Å². The molecule has 88 valence electrons. The van der Waals surface area contributed by atoms with Crippen molar-refractivity contribution in [3.8, 4) is 0 Å². The zero-order valence-electron chi connectivity index (χ0n) is 9.55. The number of rotatable bonds is 2. The molecule has 0 N–H and O–H groups in total. The van der Waals surface area contributed by atoms with E-state index in [0.29, 0.717) is 11.4 Å². The zero-order valence-corrected chi connectivity index (χ0v) is 11.1. The molecule has 1 aromatic carbocycles. The van der Waals surface area contributed by atoms with Crippen molar-refractivity contribution in [3.05, 3.63) is 29.6 Å². The third-order valence-corrected chi connectivity index (χ3v) is 3.91. The molecule has 0 bridgehead atoms. The van der Waals surface area contributed by atoms with Gasteiger partial charge in [0.15, 0.2) is 0 Å². The molecule has 1 unspecified atom stereocenters. The largest absolute Gasteiger partial charge is 0.366 e. The van der Waals surface area contributed by atoms with Crippen molar-refractivity contribution >= 4 is 21.6 Å². The molecule has 2 rings (SSSR count). The molecule has 1 atom stereocenters. The fourth-order valence-corrected chi connectivity index (χ4v) is 2.87. The van der Waals surface area contributed by atoms with Crippen LogP contribution < -0.4 is 4.90 Å². The molecule has 1 aliphatic rings. The maximum atomic E-state index is 13.9. The topological polar surface area (TPSA) is 3.24 Å². The minimum atomic E-state index is -0.0919. The standard InChI is InChI=1S/C13H17BrFN/c1-10-5-2-3-8-16(10)13-11(9-14)6-4-7-12(13)15/h4,6-7,10H,2-3,5,8-9H2,1H3. The van der Waals surface area contributed by atoms with Crippen LogP contribution >= 0.6 is 15.9 Å². The first-order valence-corrected chi connectivity index (χ1v) is 6.96. The third-order valence-electron chi connectivity index (χ3n) is 3.30. The zero-order chi connectivity index (χ0) is 11.5. The summed E-state index contributed by atoms with van der Waals surface area (Å²) >= 11 is 3.44. The smallest absolute Gasteiger partial charge is 0.146 e. The van der Waals surface area contributed by atoms with Gasteiger partial charge in [0.1, 0.15) is 5.82 Å². The van der Waals surface area contributed by atoms with Crippen molar-refractivity contribution in [2.24, 2.45) is 0 Å². The first kappa shape index (κ1) is 11.9. The van der Waals surface area contributed by atoms with E-state index in [9.17, 15) is 4.39 Å². The van der Waals surface area contributed by atoms with Crippen LogP contribution in [-0.2, 0) is 5.33 Å². The Labute approximate surface area is 105 Å². The van der Waals surface area contributed by atoms with Gasteiger partial charge in [-0.15, -0.1) is 0 Å². The summed E-state index contributed by atoms with van der Waals surface area (Å²) in [4.78, 5) is 2.22. The van der Waals surface area contributed by atoms with E-state index < -0.39 is 0 Å². The number of anilines is 1. The normalized spacial score (nSPS) is 21.2. The monoisotopic (exact) mass is 285 g/mol. The molecular formula is C13H17BrFN. The Bertz CT molecular complexity index is 367. The molecule has 0 radical (unpaired) electrons. The van der Waals surface area contributed by atoms with Gasteiger partial charge in [-0.25, -0.2) is 4.39 Å². The summed E-state index contributed by atoms with van der Waals surface area (Å²) in [5, 5.41) is 0.712. The van der Waals surface area contributed by atoms with Crippen LogP contribution in [0.15, 0.2) is 18.2 Å². The molecule has 16 heavy (non-hydrogen) atoms. The summed E-state index contributed by atoms with van der Waals surface area (Å²) in [6, 6.07) is 5.78. The van der Waals surface area contributed by atoms with Gasteiger partial charge in [-0.1, -0.05) is 28.1 Å². The Balaban J connectivity index is 2.37. The second-order valence-corrected chi connectivity index (χ2v) is 4.98. The van der Waals surface area contributed by atoms with E-state index in [4.69, 9.17) is 0 Å². The van der Waals surface area contributed by atoms with E-state index >= 15 is 0 Å². The number of hydrogen-bond donors (Lipinski definition) is 0. The molecule has 1 nitrogen and oxygen atoms in total. The van der Waals surface area contributed by atoms with Gasteiger partial charge in [-0.05, 0) is 37.8 Å². The number of alkyl halides is 1. The first-order valence-electron chi connectivity index (χ1n) is 5.84. The van der Waals surface area contributed by atoms with Gasteiger partial charge in [0, 0.05) is 17.9 Å². The average molecular weight is 286 g/mol. The molecule has 0 aromatic heterocycles. The molecular weight excluding hydrogens is 269 g/mol. The molecule has 1 heterocycles.